The highest BCUT2D eigenvalue weighted by Crippen LogP contribution is 2.19. The summed E-state index contributed by atoms with van der Waals surface area (Å²) < 4.78 is 6.65. The molecule has 2 heterocycles. The number of nitrogens with zero attached hydrogens (tertiary/aromatic N) is 2. The van der Waals surface area contributed by atoms with Crippen LogP contribution in [0, 0.1) is 0 Å². The molecule has 0 spiro atoms. The average Bonchev–Trinajstić information content (AvgIpc) is 3.15. The molecule has 1 fully saturated rings. The fourth-order valence-electron chi connectivity index (χ4n) is 1.94. The maximum absolute atomic E-state index is 11.5. The zero-order chi connectivity index (χ0) is 12.5. The Morgan fingerprint density at radius 3 is 3.11 bits per heavy atom. The van der Waals surface area contributed by atoms with E-state index in [1.165, 1.54) is 20.0 Å². The van der Waals surface area contributed by atoms with Crippen molar-refractivity contribution in [3.8, 4) is 0 Å². The van der Waals surface area contributed by atoms with Crippen LogP contribution in [-0.4, -0.2) is 28.5 Å². The van der Waals surface area contributed by atoms with Gasteiger partial charge in [-0.3, -0.25) is 0 Å². The third kappa shape index (κ3) is 2.09. The topological polar surface area (TPSA) is 55.6 Å². The third-order valence-electron chi connectivity index (χ3n) is 3.15. The molecule has 2 aromatic rings. The molecule has 2 aromatic heterocycles. The lowest BCUT2D eigenvalue weighted by Crippen LogP contribution is -2.16. The first-order valence-corrected chi connectivity index (χ1v) is 6.05. The molecule has 1 N–H and O–H groups in total. The summed E-state index contributed by atoms with van der Waals surface area (Å²) in [5.74, 6) is -0.327. The molecular weight excluding hydrogens is 230 g/mol. The van der Waals surface area contributed by atoms with Gasteiger partial charge in [0, 0.05) is 18.8 Å². The van der Waals surface area contributed by atoms with Crippen LogP contribution in [0.15, 0.2) is 24.5 Å². The van der Waals surface area contributed by atoms with E-state index in [4.69, 9.17) is 4.74 Å². The van der Waals surface area contributed by atoms with Crippen molar-refractivity contribution in [1.82, 2.24) is 14.7 Å². The minimum Gasteiger partial charge on any atom is -0.465 e. The molecule has 1 aliphatic rings. The second-order valence-corrected chi connectivity index (χ2v) is 4.54. The summed E-state index contributed by atoms with van der Waals surface area (Å²) in [7, 11) is 1.38. The van der Waals surface area contributed by atoms with E-state index < -0.39 is 0 Å². The number of ether oxygens (including phenoxy) is 1. The Hall–Kier alpha value is -1.88. The molecule has 94 valence electrons. The van der Waals surface area contributed by atoms with Gasteiger partial charge in [0.2, 0.25) is 0 Å². The molecular formula is C13H15N3O2. The van der Waals surface area contributed by atoms with Crippen molar-refractivity contribution in [3.63, 3.8) is 0 Å². The first-order valence-electron chi connectivity index (χ1n) is 6.05. The van der Waals surface area contributed by atoms with E-state index in [0.717, 1.165) is 17.9 Å². The van der Waals surface area contributed by atoms with E-state index in [9.17, 15) is 4.79 Å². The summed E-state index contributed by atoms with van der Waals surface area (Å²) in [6, 6.07) is 4.21. The molecule has 0 aromatic carbocycles. The molecule has 0 atom stereocenters. The number of carbonyl (C=O) groups excluding carboxylic acids is 1. The van der Waals surface area contributed by atoms with Gasteiger partial charge in [-0.2, -0.15) is 0 Å². The maximum Gasteiger partial charge on any atom is 0.339 e. The highest BCUT2D eigenvalue weighted by Gasteiger charge is 2.20. The monoisotopic (exact) mass is 245 g/mol. The van der Waals surface area contributed by atoms with E-state index in [2.05, 4.69) is 10.3 Å². The number of rotatable bonds is 4. The Labute approximate surface area is 105 Å². The fourth-order valence-corrected chi connectivity index (χ4v) is 1.94. The average molecular weight is 245 g/mol. The van der Waals surface area contributed by atoms with Gasteiger partial charge < -0.3 is 14.5 Å². The predicted octanol–water partition coefficient (Wildman–Crippen LogP) is 1.37. The largest absolute Gasteiger partial charge is 0.465 e. The molecule has 3 rings (SSSR count). The van der Waals surface area contributed by atoms with Crippen molar-refractivity contribution in [2.45, 2.75) is 25.4 Å². The van der Waals surface area contributed by atoms with E-state index in [0.29, 0.717) is 11.6 Å². The summed E-state index contributed by atoms with van der Waals surface area (Å²) in [4.78, 5) is 15.8. The molecule has 1 saturated carbocycles. The summed E-state index contributed by atoms with van der Waals surface area (Å²) in [6.45, 7) is 0.774. The van der Waals surface area contributed by atoms with Gasteiger partial charge in [-0.25, -0.2) is 9.78 Å². The Morgan fingerprint density at radius 1 is 1.56 bits per heavy atom. The lowest BCUT2D eigenvalue weighted by atomic mass is 10.3. The van der Waals surface area contributed by atoms with E-state index in [1.54, 1.807) is 12.3 Å². The van der Waals surface area contributed by atoms with Gasteiger partial charge in [0.15, 0.2) is 0 Å². The molecule has 0 radical (unpaired) electrons. The first-order chi connectivity index (χ1) is 8.78. The number of methoxy groups -OCH3 is 1. The predicted molar refractivity (Wildman–Crippen MR) is 66.4 cm³/mol. The van der Waals surface area contributed by atoms with Gasteiger partial charge >= 0.3 is 5.97 Å². The lowest BCUT2D eigenvalue weighted by molar-refractivity contribution is 0.0600. The van der Waals surface area contributed by atoms with Crippen molar-refractivity contribution in [2.75, 3.05) is 7.11 Å². The third-order valence-corrected chi connectivity index (χ3v) is 3.15. The van der Waals surface area contributed by atoms with Gasteiger partial charge in [0.1, 0.15) is 5.65 Å². The molecule has 0 bridgehead atoms. The maximum atomic E-state index is 11.5. The van der Waals surface area contributed by atoms with Crippen LogP contribution < -0.4 is 5.32 Å². The molecule has 0 saturated heterocycles. The normalized spacial score (nSPS) is 14.9. The standard InChI is InChI=1S/C13H15N3O2/c1-18-13(17)9-2-5-12-15-7-11(16(12)8-9)6-14-10-3-4-10/h2,5,7-8,10,14H,3-4,6H2,1H3. The summed E-state index contributed by atoms with van der Waals surface area (Å²) in [5.41, 5.74) is 2.44. The number of fused-ring (bicyclic) bond motifs is 1. The number of nitrogens with one attached hydrogen (secondary N) is 1. The lowest BCUT2D eigenvalue weighted by Gasteiger charge is -2.05. The first kappa shape index (κ1) is 11.2. The molecule has 0 aliphatic heterocycles. The Morgan fingerprint density at radius 2 is 2.39 bits per heavy atom. The van der Waals surface area contributed by atoms with Crippen LogP contribution in [0.1, 0.15) is 28.9 Å². The molecule has 1 aliphatic carbocycles. The Bertz CT molecular complexity index is 587. The van der Waals surface area contributed by atoms with Crippen LogP contribution in [0.5, 0.6) is 0 Å². The van der Waals surface area contributed by atoms with Crippen LogP contribution in [0.4, 0.5) is 0 Å². The number of pyridine rings is 1. The van der Waals surface area contributed by atoms with Gasteiger partial charge in [-0.05, 0) is 25.0 Å². The fraction of sp³-hybridized carbons (Fsp3) is 0.385. The van der Waals surface area contributed by atoms with Crippen molar-refractivity contribution < 1.29 is 9.53 Å². The number of esters is 1. The van der Waals surface area contributed by atoms with Crippen molar-refractivity contribution in [2.24, 2.45) is 0 Å². The van der Waals surface area contributed by atoms with Crippen LogP contribution in [0.2, 0.25) is 0 Å². The second-order valence-electron chi connectivity index (χ2n) is 4.54. The quantitative estimate of drug-likeness (QED) is 0.827. The van der Waals surface area contributed by atoms with E-state index >= 15 is 0 Å². The Balaban J connectivity index is 1.90. The summed E-state index contributed by atoms with van der Waals surface area (Å²) in [6.07, 6.45) is 6.12. The smallest absolute Gasteiger partial charge is 0.339 e. The van der Waals surface area contributed by atoms with Crippen molar-refractivity contribution in [3.05, 3.63) is 35.8 Å². The minimum absolute atomic E-state index is 0.327. The second kappa shape index (κ2) is 4.42. The van der Waals surface area contributed by atoms with E-state index in [1.807, 2.05) is 16.7 Å². The van der Waals surface area contributed by atoms with Crippen LogP contribution in [-0.2, 0) is 11.3 Å². The molecule has 5 heteroatoms. The van der Waals surface area contributed by atoms with Gasteiger partial charge in [-0.15, -0.1) is 0 Å². The minimum atomic E-state index is -0.327. The van der Waals surface area contributed by atoms with Crippen LogP contribution in [0.3, 0.4) is 0 Å². The summed E-state index contributed by atoms with van der Waals surface area (Å²) in [5, 5.41) is 3.44. The number of carbonyl (C=O) groups is 1. The summed E-state index contributed by atoms with van der Waals surface area (Å²) >= 11 is 0. The van der Waals surface area contributed by atoms with Crippen LogP contribution >= 0.6 is 0 Å². The van der Waals surface area contributed by atoms with E-state index in [-0.39, 0.29) is 5.97 Å². The number of hydrogen-bond acceptors (Lipinski definition) is 4. The SMILES string of the molecule is COC(=O)c1ccc2ncc(CNC3CC3)n2c1. The zero-order valence-corrected chi connectivity index (χ0v) is 10.2. The number of hydrogen-bond donors (Lipinski definition) is 1. The highest BCUT2D eigenvalue weighted by atomic mass is 16.5. The van der Waals surface area contributed by atoms with Gasteiger partial charge in [0.25, 0.3) is 0 Å². The van der Waals surface area contributed by atoms with Crippen LogP contribution in [0.25, 0.3) is 5.65 Å². The molecule has 0 unspecified atom stereocenters. The Kier molecular flexibility index (Phi) is 2.76. The molecule has 0 amide bonds. The molecule has 5 nitrogen and oxygen atoms in total. The van der Waals surface area contributed by atoms with Gasteiger partial charge in [-0.1, -0.05) is 0 Å². The molecule has 18 heavy (non-hydrogen) atoms. The van der Waals surface area contributed by atoms with Crippen molar-refractivity contribution in [1.29, 1.82) is 0 Å². The highest BCUT2D eigenvalue weighted by molar-refractivity contribution is 5.89. The van der Waals surface area contributed by atoms with Gasteiger partial charge in [0.05, 0.1) is 24.6 Å². The number of aromatic nitrogens is 2. The van der Waals surface area contributed by atoms with Crippen molar-refractivity contribution >= 4 is 11.6 Å². The number of imidazole rings is 1. The zero-order valence-electron chi connectivity index (χ0n) is 10.2.